The van der Waals surface area contributed by atoms with Gasteiger partial charge in [-0.25, -0.2) is 10.1 Å². The molecule has 0 spiro atoms. The minimum Gasteiger partial charge on any atom is -0.489 e. The third kappa shape index (κ3) is 3.27. The molecule has 20 heavy (non-hydrogen) atoms. The second-order valence-electron chi connectivity index (χ2n) is 4.02. The molecule has 0 aliphatic heterocycles. The zero-order chi connectivity index (χ0) is 14.4. The third-order valence-electron chi connectivity index (χ3n) is 2.71. The van der Waals surface area contributed by atoms with Crippen molar-refractivity contribution in [3.05, 3.63) is 59.7 Å². The van der Waals surface area contributed by atoms with Crippen molar-refractivity contribution in [3.8, 4) is 11.5 Å². The van der Waals surface area contributed by atoms with E-state index in [-0.39, 0.29) is 11.3 Å². The van der Waals surface area contributed by atoms with Crippen molar-refractivity contribution in [2.45, 2.75) is 6.61 Å². The molecule has 0 aliphatic carbocycles. The van der Waals surface area contributed by atoms with E-state index in [0.29, 0.717) is 12.4 Å². The Morgan fingerprint density at radius 2 is 1.90 bits per heavy atom. The molecule has 2 aromatic carbocycles. The van der Waals surface area contributed by atoms with Gasteiger partial charge in [0, 0.05) is 6.07 Å². The molecular formula is C15H14O5. The molecule has 0 saturated heterocycles. The number of rotatable bonds is 5. The fourth-order valence-corrected chi connectivity index (χ4v) is 1.69. The number of esters is 1. The lowest BCUT2D eigenvalue weighted by molar-refractivity contribution is -0.138. The fraction of sp³-hybridized carbons (Fsp3) is 0.133. The minimum atomic E-state index is -0.594. The van der Waals surface area contributed by atoms with Crippen molar-refractivity contribution in [1.29, 1.82) is 0 Å². The molecule has 0 aromatic heterocycles. The van der Waals surface area contributed by atoms with Crippen LogP contribution in [0.1, 0.15) is 15.9 Å². The average molecular weight is 274 g/mol. The highest BCUT2D eigenvalue weighted by atomic mass is 17.1. The molecule has 1 N–H and O–H groups in total. The molecule has 5 nitrogen and oxygen atoms in total. The van der Waals surface area contributed by atoms with E-state index >= 15 is 0 Å². The molecule has 0 aliphatic rings. The van der Waals surface area contributed by atoms with Gasteiger partial charge in [0.25, 0.3) is 0 Å². The van der Waals surface area contributed by atoms with E-state index in [4.69, 9.17) is 9.99 Å². The molecule has 0 saturated carbocycles. The van der Waals surface area contributed by atoms with Gasteiger partial charge in [-0.3, -0.25) is 0 Å². The van der Waals surface area contributed by atoms with Gasteiger partial charge < -0.3 is 14.4 Å². The number of hydrogen-bond acceptors (Lipinski definition) is 5. The van der Waals surface area contributed by atoms with Crippen molar-refractivity contribution in [3.63, 3.8) is 0 Å². The van der Waals surface area contributed by atoms with Gasteiger partial charge in [0.2, 0.25) is 0 Å². The Kier molecular flexibility index (Phi) is 4.57. The van der Waals surface area contributed by atoms with Crippen molar-refractivity contribution in [1.82, 2.24) is 0 Å². The number of carbonyl (C=O) groups is 1. The Hall–Kier alpha value is -2.53. The van der Waals surface area contributed by atoms with Gasteiger partial charge in [0.15, 0.2) is 5.75 Å². The highest BCUT2D eigenvalue weighted by Crippen LogP contribution is 2.25. The van der Waals surface area contributed by atoms with Crippen LogP contribution in [0.2, 0.25) is 0 Å². The zero-order valence-electron chi connectivity index (χ0n) is 10.9. The highest BCUT2D eigenvalue weighted by molar-refractivity contribution is 5.92. The molecule has 0 heterocycles. The largest absolute Gasteiger partial charge is 0.489 e. The molecule has 0 atom stereocenters. The molecule has 0 radical (unpaired) electrons. The van der Waals surface area contributed by atoms with Crippen LogP contribution in [0.3, 0.4) is 0 Å². The number of benzene rings is 2. The summed E-state index contributed by atoms with van der Waals surface area (Å²) in [6, 6.07) is 14.1. The molecule has 2 rings (SSSR count). The van der Waals surface area contributed by atoms with E-state index in [2.05, 4.69) is 9.62 Å². The van der Waals surface area contributed by atoms with Crippen LogP contribution in [0.5, 0.6) is 11.5 Å². The quantitative estimate of drug-likeness (QED) is 0.516. The predicted molar refractivity (Wildman–Crippen MR) is 71.8 cm³/mol. The summed E-state index contributed by atoms with van der Waals surface area (Å²) in [6.45, 7) is 0.378. The summed E-state index contributed by atoms with van der Waals surface area (Å²) in [5.41, 5.74) is 1.14. The standard InChI is InChI=1S/C15H14O5/c1-18-15(16)13-8-7-12(9-14(13)20-17)19-10-11-5-3-2-4-6-11/h2-9,17H,10H2,1H3. The van der Waals surface area contributed by atoms with Crippen LogP contribution in [0.4, 0.5) is 0 Å². The molecule has 0 bridgehead atoms. The van der Waals surface area contributed by atoms with Crippen molar-refractivity contribution in [2.75, 3.05) is 7.11 Å². The highest BCUT2D eigenvalue weighted by Gasteiger charge is 2.14. The minimum absolute atomic E-state index is 0.0117. The van der Waals surface area contributed by atoms with Crippen molar-refractivity contribution in [2.24, 2.45) is 0 Å². The molecule has 2 aromatic rings. The lowest BCUT2D eigenvalue weighted by Crippen LogP contribution is -2.04. The van der Waals surface area contributed by atoms with E-state index in [1.807, 2.05) is 30.3 Å². The number of methoxy groups -OCH3 is 1. The first-order valence-corrected chi connectivity index (χ1v) is 5.95. The summed E-state index contributed by atoms with van der Waals surface area (Å²) in [7, 11) is 1.25. The maximum Gasteiger partial charge on any atom is 0.341 e. The smallest absolute Gasteiger partial charge is 0.341 e. The van der Waals surface area contributed by atoms with Gasteiger partial charge in [0.05, 0.1) is 7.11 Å². The summed E-state index contributed by atoms with van der Waals surface area (Å²) in [5, 5.41) is 8.81. The summed E-state index contributed by atoms with van der Waals surface area (Å²) >= 11 is 0. The van der Waals surface area contributed by atoms with Gasteiger partial charge in [-0.15, -0.1) is 0 Å². The van der Waals surface area contributed by atoms with Crippen LogP contribution in [-0.2, 0) is 11.3 Å². The Labute approximate surface area is 116 Å². The summed E-state index contributed by atoms with van der Waals surface area (Å²) < 4.78 is 10.1. The van der Waals surface area contributed by atoms with Crippen LogP contribution < -0.4 is 9.62 Å². The van der Waals surface area contributed by atoms with Gasteiger partial charge in [-0.2, -0.15) is 0 Å². The van der Waals surface area contributed by atoms with E-state index < -0.39 is 5.97 Å². The Morgan fingerprint density at radius 1 is 1.15 bits per heavy atom. The average Bonchev–Trinajstić information content (AvgIpc) is 2.52. The van der Waals surface area contributed by atoms with E-state index in [9.17, 15) is 4.79 Å². The molecular weight excluding hydrogens is 260 g/mol. The number of carbonyl (C=O) groups excluding carboxylic acids is 1. The second-order valence-corrected chi connectivity index (χ2v) is 4.02. The van der Waals surface area contributed by atoms with E-state index in [1.54, 1.807) is 6.07 Å². The molecule has 0 amide bonds. The van der Waals surface area contributed by atoms with Gasteiger partial charge in [0.1, 0.15) is 17.9 Å². The summed E-state index contributed by atoms with van der Waals surface area (Å²) in [4.78, 5) is 15.6. The summed E-state index contributed by atoms with van der Waals surface area (Å²) in [5.74, 6) is -0.128. The van der Waals surface area contributed by atoms with Crippen LogP contribution in [0, 0.1) is 0 Å². The fourth-order valence-electron chi connectivity index (χ4n) is 1.69. The normalized spacial score (nSPS) is 9.90. The van der Waals surface area contributed by atoms with Gasteiger partial charge in [-0.05, 0) is 17.7 Å². The first-order valence-electron chi connectivity index (χ1n) is 5.95. The van der Waals surface area contributed by atoms with Gasteiger partial charge in [-0.1, -0.05) is 30.3 Å². The van der Waals surface area contributed by atoms with Gasteiger partial charge >= 0.3 is 5.97 Å². The topological polar surface area (TPSA) is 65.0 Å². The number of hydrogen-bond donors (Lipinski definition) is 1. The van der Waals surface area contributed by atoms with E-state index in [0.717, 1.165) is 5.56 Å². The zero-order valence-corrected chi connectivity index (χ0v) is 10.9. The lowest BCUT2D eigenvalue weighted by Gasteiger charge is -2.09. The first-order chi connectivity index (χ1) is 9.74. The predicted octanol–water partition coefficient (Wildman–Crippen LogP) is 2.90. The van der Waals surface area contributed by atoms with Crippen LogP contribution >= 0.6 is 0 Å². The monoisotopic (exact) mass is 274 g/mol. The first kappa shape index (κ1) is 13.9. The van der Waals surface area contributed by atoms with Crippen LogP contribution in [0.15, 0.2) is 48.5 Å². The lowest BCUT2D eigenvalue weighted by atomic mass is 10.2. The number of ether oxygens (including phenoxy) is 2. The third-order valence-corrected chi connectivity index (χ3v) is 2.71. The molecule has 5 heteroatoms. The van der Waals surface area contributed by atoms with Crippen LogP contribution in [0.25, 0.3) is 0 Å². The van der Waals surface area contributed by atoms with E-state index in [1.165, 1.54) is 19.2 Å². The maximum atomic E-state index is 11.4. The van der Waals surface area contributed by atoms with Crippen molar-refractivity contribution >= 4 is 5.97 Å². The Morgan fingerprint density at radius 3 is 2.55 bits per heavy atom. The maximum absolute atomic E-state index is 11.4. The SMILES string of the molecule is COC(=O)c1ccc(OCc2ccccc2)cc1OO. The van der Waals surface area contributed by atoms with Crippen molar-refractivity contribution < 1.29 is 24.4 Å². The second kappa shape index (κ2) is 6.58. The molecule has 104 valence electrons. The molecule has 0 fully saturated rings. The Bertz CT molecular complexity index is 580. The molecule has 0 unspecified atom stereocenters. The summed E-state index contributed by atoms with van der Waals surface area (Å²) in [6.07, 6.45) is 0. The Balaban J connectivity index is 2.12. The van der Waals surface area contributed by atoms with Crippen LogP contribution in [-0.4, -0.2) is 18.3 Å².